The minimum absolute atomic E-state index is 0.618. The molecular formula is C12H8ClN3. The molecule has 3 nitrogen and oxygen atoms in total. The zero-order valence-corrected chi connectivity index (χ0v) is 9.09. The molecule has 0 aliphatic heterocycles. The average Bonchev–Trinajstić information content (AvgIpc) is 2.32. The Bertz CT molecular complexity index is 542. The number of halogens is 1. The maximum Gasteiger partial charge on any atom is 0.0453 e. The van der Waals surface area contributed by atoms with E-state index >= 15 is 0 Å². The summed E-state index contributed by atoms with van der Waals surface area (Å²) in [5.41, 5.74) is 11.0. The van der Waals surface area contributed by atoms with E-state index < -0.39 is 0 Å². The van der Waals surface area contributed by atoms with Crippen molar-refractivity contribution in [2.75, 3.05) is 0 Å². The highest BCUT2D eigenvalue weighted by atomic mass is 35.5. The highest BCUT2D eigenvalue weighted by Crippen LogP contribution is 2.30. The van der Waals surface area contributed by atoms with E-state index in [1.165, 1.54) is 0 Å². The molecule has 0 saturated heterocycles. The molecule has 0 spiro atoms. The fourth-order valence-electron chi connectivity index (χ4n) is 1.48. The fourth-order valence-corrected chi connectivity index (χ4v) is 1.61. The Hall–Kier alpha value is -1.96. The second kappa shape index (κ2) is 4.71. The van der Waals surface area contributed by atoms with Crippen LogP contribution >= 0.6 is 11.6 Å². The van der Waals surface area contributed by atoms with E-state index in [1.54, 1.807) is 6.07 Å². The van der Waals surface area contributed by atoms with Crippen LogP contribution in [0.2, 0.25) is 5.02 Å². The van der Waals surface area contributed by atoms with Gasteiger partial charge in [0.15, 0.2) is 0 Å². The molecule has 2 aromatic carbocycles. The van der Waals surface area contributed by atoms with Crippen LogP contribution in [0.5, 0.6) is 0 Å². The van der Waals surface area contributed by atoms with Gasteiger partial charge in [-0.15, -0.1) is 0 Å². The first-order valence-electron chi connectivity index (χ1n) is 4.71. The summed E-state index contributed by atoms with van der Waals surface area (Å²) in [5, 5.41) is 4.34. The summed E-state index contributed by atoms with van der Waals surface area (Å²) >= 11 is 5.82. The molecule has 2 aromatic rings. The average molecular weight is 230 g/mol. The molecule has 0 saturated carbocycles. The summed E-state index contributed by atoms with van der Waals surface area (Å²) in [5.74, 6) is 0. The van der Waals surface area contributed by atoms with E-state index in [2.05, 4.69) is 10.0 Å². The van der Waals surface area contributed by atoms with Gasteiger partial charge in [0, 0.05) is 15.6 Å². The maximum atomic E-state index is 8.47. The van der Waals surface area contributed by atoms with Crippen LogP contribution in [0.3, 0.4) is 0 Å². The van der Waals surface area contributed by atoms with E-state index in [4.69, 9.17) is 17.1 Å². The van der Waals surface area contributed by atoms with Crippen LogP contribution in [0.15, 0.2) is 53.6 Å². The van der Waals surface area contributed by atoms with E-state index in [0.29, 0.717) is 10.7 Å². The van der Waals surface area contributed by atoms with Crippen molar-refractivity contribution in [3.8, 4) is 11.1 Å². The SMILES string of the molecule is [N-]=[N+]=Nc1ccccc1-c1ccc(Cl)cc1. The Labute approximate surface area is 97.9 Å². The molecule has 0 heterocycles. The van der Waals surface area contributed by atoms with Crippen molar-refractivity contribution in [1.82, 2.24) is 0 Å². The quantitative estimate of drug-likeness (QED) is 0.398. The molecule has 78 valence electrons. The molecule has 0 fully saturated rings. The van der Waals surface area contributed by atoms with Gasteiger partial charge in [-0.05, 0) is 28.8 Å². The van der Waals surface area contributed by atoms with E-state index in [0.717, 1.165) is 11.1 Å². The van der Waals surface area contributed by atoms with Crippen LogP contribution in [-0.4, -0.2) is 0 Å². The number of hydrogen-bond acceptors (Lipinski definition) is 1. The minimum Gasteiger partial charge on any atom is -0.0843 e. The molecule has 0 aliphatic rings. The minimum atomic E-state index is 0.618. The summed E-state index contributed by atoms with van der Waals surface area (Å²) in [6.45, 7) is 0. The number of azide groups is 1. The highest BCUT2D eigenvalue weighted by molar-refractivity contribution is 6.30. The number of benzene rings is 2. The van der Waals surface area contributed by atoms with Crippen LogP contribution in [0.1, 0.15) is 0 Å². The van der Waals surface area contributed by atoms with Crippen LogP contribution < -0.4 is 0 Å². The second-order valence-electron chi connectivity index (χ2n) is 3.21. The normalized spacial score (nSPS) is 9.56. The van der Waals surface area contributed by atoms with Crippen molar-refractivity contribution in [2.24, 2.45) is 5.11 Å². The summed E-state index contributed by atoms with van der Waals surface area (Å²) in [6, 6.07) is 14.8. The smallest absolute Gasteiger partial charge is 0.0453 e. The van der Waals surface area contributed by atoms with Gasteiger partial charge >= 0.3 is 0 Å². The Kier molecular flexibility index (Phi) is 3.10. The monoisotopic (exact) mass is 229 g/mol. The van der Waals surface area contributed by atoms with Crippen molar-refractivity contribution < 1.29 is 0 Å². The second-order valence-corrected chi connectivity index (χ2v) is 3.65. The molecule has 0 amide bonds. The van der Waals surface area contributed by atoms with Gasteiger partial charge in [0.25, 0.3) is 0 Å². The van der Waals surface area contributed by atoms with Gasteiger partial charge < -0.3 is 0 Å². The molecule has 16 heavy (non-hydrogen) atoms. The first kappa shape index (κ1) is 10.6. The molecule has 0 radical (unpaired) electrons. The van der Waals surface area contributed by atoms with E-state index in [9.17, 15) is 0 Å². The lowest BCUT2D eigenvalue weighted by Gasteiger charge is -2.04. The predicted molar refractivity (Wildman–Crippen MR) is 65.7 cm³/mol. The third-order valence-corrected chi connectivity index (χ3v) is 2.46. The lowest BCUT2D eigenvalue weighted by atomic mass is 10.0. The molecular weight excluding hydrogens is 222 g/mol. The fraction of sp³-hybridized carbons (Fsp3) is 0. The van der Waals surface area contributed by atoms with Crippen molar-refractivity contribution in [3.63, 3.8) is 0 Å². The van der Waals surface area contributed by atoms with Gasteiger partial charge in [0.1, 0.15) is 0 Å². The topological polar surface area (TPSA) is 48.8 Å². The van der Waals surface area contributed by atoms with Crippen molar-refractivity contribution in [1.29, 1.82) is 0 Å². The van der Waals surface area contributed by atoms with Gasteiger partial charge in [-0.3, -0.25) is 0 Å². The third kappa shape index (κ3) is 2.16. The summed E-state index contributed by atoms with van der Waals surface area (Å²) in [7, 11) is 0. The molecule has 2 rings (SSSR count). The zero-order valence-electron chi connectivity index (χ0n) is 8.34. The molecule has 0 N–H and O–H groups in total. The zero-order chi connectivity index (χ0) is 11.4. The number of rotatable bonds is 2. The molecule has 0 unspecified atom stereocenters. The Morgan fingerprint density at radius 1 is 1.00 bits per heavy atom. The summed E-state index contributed by atoms with van der Waals surface area (Å²) in [4.78, 5) is 2.81. The molecule has 4 heteroatoms. The standard InChI is InChI=1S/C12H8ClN3/c13-10-7-5-9(6-8-10)11-3-1-2-4-12(11)15-16-14/h1-8H. The Morgan fingerprint density at radius 3 is 2.38 bits per heavy atom. The summed E-state index contributed by atoms with van der Waals surface area (Å²) < 4.78 is 0. The summed E-state index contributed by atoms with van der Waals surface area (Å²) in [6.07, 6.45) is 0. The maximum absolute atomic E-state index is 8.47. The van der Waals surface area contributed by atoms with Crippen LogP contribution in [-0.2, 0) is 0 Å². The van der Waals surface area contributed by atoms with Crippen molar-refractivity contribution in [2.45, 2.75) is 0 Å². The van der Waals surface area contributed by atoms with Crippen molar-refractivity contribution in [3.05, 3.63) is 64.0 Å². The van der Waals surface area contributed by atoms with Gasteiger partial charge in [-0.25, -0.2) is 0 Å². The molecule has 0 aliphatic carbocycles. The van der Waals surface area contributed by atoms with Crippen LogP contribution in [0, 0.1) is 0 Å². The van der Waals surface area contributed by atoms with Gasteiger partial charge in [0.05, 0.1) is 0 Å². The van der Waals surface area contributed by atoms with E-state index in [1.807, 2.05) is 42.5 Å². The highest BCUT2D eigenvalue weighted by Gasteiger charge is 2.02. The number of hydrogen-bond donors (Lipinski definition) is 0. The van der Waals surface area contributed by atoms with E-state index in [-0.39, 0.29) is 0 Å². The Morgan fingerprint density at radius 2 is 1.69 bits per heavy atom. The molecule has 0 aromatic heterocycles. The van der Waals surface area contributed by atoms with Gasteiger partial charge in [-0.1, -0.05) is 53.1 Å². The number of nitrogens with zero attached hydrogens (tertiary/aromatic N) is 3. The first-order valence-corrected chi connectivity index (χ1v) is 5.09. The van der Waals surface area contributed by atoms with Crippen molar-refractivity contribution >= 4 is 17.3 Å². The lowest BCUT2D eigenvalue weighted by Crippen LogP contribution is -1.77. The Balaban J connectivity index is 2.55. The molecule has 0 atom stereocenters. The van der Waals surface area contributed by atoms with Crippen LogP contribution in [0.4, 0.5) is 5.69 Å². The lowest BCUT2D eigenvalue weighted by molar-refractivity contribution is 1.47. The third-order valence-electron chi connectivity index (χ3n) is 2.21. The van der Waals surface area contributed by atoms with Crippen LogP contribution in [0.25, 0.3) is 21.6 Å². The predicted octanol–water partition coefficient (Wildman–Crippen LogP) is 4.95. The van der Waals surface area contributed by atoms with Gasteiger partial charge in [-0.2, -0.15) is 0 Å². The molecule has 0 bridgehead atoms. The largest absolute Gasteiger partial charge is 0.0843 e. The first-order chi connectivity index (χ1) is 7.81. The van der Waals surface area contributed by atoms with Gasteiger partial charge in [0.2, 0.25) is 0 Å².